The maximum absolute atomic E-state index is 6.18. The lowest BCUT2D eigenvalue weighted by Gasteiger charge is -1.98. The number of furan rings is 1. The summed E-state index contributed by atoms with van der Waals surface area (Å²) in [5, 5.41) is 5.76. The second kappa shape index (κ2) is 5.95. The third kappa shape index (κ3) is 2.49. The zero-order chi connectivity index (χ0) is 13.2. The van der Waals surface area contributed by atoms with Crippen LogP contribution in [0.3, 0.4) is 0 Å². The second-order valence-corrected chi connectivity index (χ2v) is 6.96. The first-order valence-electron chi connectivity index (χ1n) is 5.69. The smallest absolute Gasteiger partial charge is 0.149 e. The van der Waals surface area contributed by atoms with Crippen molar-refractivity contribution in [3.63, 3.8) is 0 Å². The number of hydrogen-bond donors (Lipinski definition) is 0. The summed E-state index contributed by atoms with van der Waals surface area (Å²) in [5.74, 6) is 1.98. The first-order chi connectivity index (χ1) is 9.35. The Morgan fingerprint density at radius 1 is 0.842 bits per heavy atom. The molecule has 0 atom stereocenters. The summed E-state index contributed by atoms with van der Waals surface area (Å²) in [6.45, 7) is 0. The monoisotopic (exact) mass is 416 g/mol. The van der Waals surface area contributed by atoms with E-state index in [2.05, 4.69) is 66.9 Å². The van der Waals surface area contributed by atoms with Crippen LogP contribution in [0, 0.1) is 0 Å². The lowest BCUT2D eigenvalue weighted by atomic mass is 10.1. The van der Waals surface area contributed by atoms with Crippen LogP contribution in [0.15, 0.2) is 39.4 Å². The molecule has 3 aromatic rings. The van der Waals surface area contributed by atoms with E-state index in [4.69, 9.17) is 4.42 Å². The highest BCUT2D eigenvalue weighted by molar-refractivity contribution is 9.09. The van der Waals surface area contributed by atoms with E-state index in [1.54, 1.807) is 22.7 Å². The molecule has 0 unspecified atom stereocenters. The SMILES string of the molecule is BrCc1c(-c2cccs2)oc(-c2cccs2)c1CBr. The minimum atomic E-state index is 0.802. The zero-order valence-corrected chi connectivity index (χ0v) is 14.7. The lowest BCUT2D eigenvalue weighted by Crippen LogP contribution is -1.85. The second-order valence-electron chi connectivity index (χ2n) is 3.94. The minimum Gasteiger partial charge on any atom is -0.454 e. The van der Waals surface area contributed by atoms with Gasteiger partial charge in [0, 0.05) is 21.8 Å². The predicted molar refractivity (Wildman–Crippen MR) is 90.6 cm³/mol. The Bertz CT molecular complexity index is 597. The molecular formula is C14H10Br2OS2. The summed E-state index contributed by atoms with van der Waals surface area (Å²) in [6.07, 6.45) is 0. The Kier molecular flexibility index (Phi) is 4.27. The Hall–Kier alpha value is -0.360. The van der Waals surface area contributed by atoms with Crippen molar-refractivity contribution in [1.29, 1.82) is 0 Å². The molecule has 0 bridgehead atoms. The Balaban J connectivity index is 2.21. The fourth-order valence-corrected chi connectivity index (χ4v) is 4.65. The molecule has 1 nitrogen and oxygen atoms in total. The molecule has 5 heteroatoms. The van der Waals surface area contributed by atoms with Crippen LogP contribution in [0.5, 0.6) is 0 Å². The van der Waals surface area contributed by atoms with Crippen LogP contribution in [-0.2, 0) is 10.7 Å². The molecular weight excluding hydrogens is 408 g/mol. The van der Waals surface area contributed by atoms with Crippen LogP contribution < -0.4 is 0 Å². The van der Waals surface area contributed by atoms with Gasteiger partial charge in [-0.2, -0.15) is 0 Å². The predicted octanol–water partition coefficient (Wildman–Crippen LogP) is 6.53. The normalized spacial score (nSPS) is 11.1. The lowest BCUT2D eigenvalue weighted by molar-refractivity contribution is 0.597. The van der Waals surface area contributed by atoms with E-state index in [-0.39, 0.29) is 0 Å². The van der Waals surface area contributed by atoms with E-state index in [9.17, 15) is 0 Å². The van der Waals surface area contributed by atoms with Crippen molar-refractivity contribution in [2.75, 3.05) is 0 Å². The van der Waals surface area contributed by atoms with Crippen LogP contribution in [0.2, 0.25) is 0 Å². The molecule has 3 heterocycles. The standard InChI is InChI=1S/C14H10Br2OS2/c15-7-9-10(8-16)14(12-4-2-6-19-12)17-13(9)11-3-1-5-18-11/h1-6H,7-8H2. The summed E-state index contributed by atoms with van der Waals surface area (Å²) in [4.78, 5) is 2.36. The molecule has 0 aromatic carbocycles. The molecule has 0 saturated carbocycles. The van der Waals surface area contributed by atoms with Gasteiger partial charge in [0.05, 0.1) is 9.75 Å². The molecule has 0 fully saturated rings. The molecule has 0 radical (unpaired) electrons. The molecule has 0 amide bonds. The number of halogens is 2. The Labute approximate surface area is 136 Å². The van der Waals surface area contributed by atoms with E-state index in [0.717, 1.165) is 22.2 Å². The molecule has 0 aliphatic rings. The van der Waals surface area contributed by atoms with Crippen LogP contribution >= 0.6 is 54.5 Å². The van der Waals surface area contributed by atoms with E-state index < -0.39 is 0 Å². The van der Waals surface area contributed by atoms with Gasteiger partial charge in [-0.1, -0.05) is 44.0 Å². The molecule has 3 rings (SSSR count). The highest BCUT2D eigenvalue weighted by Gasteiger charge is 2.21. The van der Waals surface area contributed by atoms with Crippen LogP contribution in [0.1, 0.15) is 11.1 Å². The first-order valence-corrected chi connectivity index (χ1v) is 9.69. The topological polar surface area (TPSA) is 13.1 Å². The van der Waals surface area contributed by atoms with Crippen molar-refractivity contribution in [3.8, 4) is 21.3 Å². The van der Waals surface area contributed by atoms with Crippen LogP contribution in [0.4, 0.5) is 0 Å². The molecule has 98 valence electrons. The maximum Gasteiger partial charge on any atom is 0.149 e. The third-order valence-corrected chi connectivity index (χ3v) is 5.73. The average molecular weight is 418 g/mol. The van der Waals surface area contributed by atoms with Crippen molar-refractivity contribution < 1.29 is 4.42 Å². The highest BCUT2D eigenvalue weighted by Crippen LogP contribution is 2.42. The van der Waals surface area contributed by atoms with E-state index in [1.165, 1.54) is 20.9 Å². The summed E-state index contributed by atoms with van der Waals surface area (Å²) in [5.41, 5.74) is 2.48. The molecule has 3 aromatic heterocycles. The average Bonchev–Trinajstić information content (AvgIpc) is 3.16. The first kappa shape index (κ1) is 13.6. The number of thiophene rings is 2. The fourth-order valence-electron chi connectivity index (χ4n) is 2.00. The van der Waals surface area contributed by atoms with E-state index in [1.807, 2.05) is 0 Å². The fraction of sp³-hybridized carbons (Fsp3) is 0.143. The van der Waals surface area contributed by atoms with Gasteiger partial charge in [-0.3, -0.25) is 0 Å². The van der Waals surface area contributed by atoms with Gasteiger partial charge in [0.2, 0.25) is 0 Å². The molecule has 0 aliphatic carbocycles. The summed E-state index contributed by atoms with van der Waals surface area (Å²) in [6, 6.07) is 8.32. The molecule has 0 N–H and O–H groups in total. The van der Waals surface area contributed by atoms with Crippen LogP contribution in [0.25, 0.3) is 21.3 Å². The van der Waals surface area contributed by atoms with Crippen molar-refractivity contribution >= 4 is 54.5 Å². The van der Waals surface area contributed by atoms with E-state index >= 15 is 0 Å². The molecule has 19 heavy (non-hydrogen) atoms. The Morgan fingerprint density at radius 2 is 1.32 bits per heavy atom. The van der Waals surface area contributed by atoms with Gasteiger partial charge >= 0.3 is 0 Å². The quantitative estimate of drug-likeness (QED) is 0.440. The van der Waals surface area contributed by atoms with Crippen molar-refractivity contribution in [1.82, 2.24) is 0 Å². The van der Waals surface area contributed by atoms with Gasteiger partial charge in [0.25, 0.3) is 0 Å². The highest BCUT2D eigenvalue weighted by atomic mass is 79.9. The van der Waals surface area contributed by atoms with Gasteiger partial charge in [0.15, 0.2) is 0 Å². The maximum atomic E-state index is 6.18. The number of alkyl halides is 2. The summed E-state index contributed by atoms with van der Waals surface area (Å²) >= 11 is 10.6. The van der Waals surface area contributed by atoms with Gasteiger partial charge in [-0.25, -0.2) is 0 Å². The summed E-state index contributed by atoms with van der Waals surface area (Å²) in [7, 11) is 0. The zero-order valence-electron chi connectivity index (χ0n) is 9.86. The molecule has 0 spiro atoms. The van der Waals surface area contributed by atoms with Crippen molar-refractivity contribution in [2.45, 2.75) is 10.7 Å². The van der Waals surface area contributed by atoms with Crippen molar-refractivity contribution in [3.05, 3.63) is 46.2 Å². The van der Waals surface area contributed by atoms with Gasteiger partial charge in [-0.05, 0) is 22.9 Å². The van der Waals surface area contributed by atoms with Gasteiger partial charge in [0.1, 0.15) is 11.5 Å². The molecule has 0 saturated heterocycles. The van der Waals surface area contributed by atoms with Gasteiger partial charge in [-0.15, -0.1) is 22.7 Å². The Morgan fingerprint density at radius 3 is 1.63 bits per heavy atom. The summed E-state index contributed by atoms with van der Waals surface area (Å²) < 4.78 is 6.18. The number of rotatable bonds is 4. The van der Waals surface area contributed by atoms with Crippen LogP contribution in [-0.4, -0.2) is 0 Å². The third-order valence-electron chi connectivity index (χ3n) is 2.87. The van der Waals surface area contributed by atoms with Crippen molar-refractivity contribution in [2.24, 2.45) is 0 Å². The molecule has 0 aliphatic heterocycles. The minimum absolute atomic E-state index is 0.802. The number of hydrogen-bond acceptors (Lipinski definition) is 3. The van der Waals surface area contributed by atoms with Gasteiger partial charge < -0.3 is 4.42 Å². The van der Waals surface area contributed by atoms with E-state index in [0.29, 0.717) is 0 Å². The largest absolute Gasteiger partial charge is 0.454 e.